The van der Waals surface area contributed by atoms with Gasteiger partial charge in [-0.3, -0.25) is 4.79 Å². The molecular weight excluding hydrogens is 306 g/mol. The van der Waals surface area contributed by atoms with Crippen LogP contribution < -0.4 is 10.2 Å². The molecule has 0 saturated carbocycles. The summed E-state index contributed by atoms with van der Waals surface area (Å²) in [5.41, 5.74) is 0.841. The maximum atomic E-state index is 12.6. The van der Waals surface area contributed by atoms with Crippen molar-refractivity contribution >= 4 is 22.7 Å². The third-order valence-corrected chi connectivity index (χ3v) is 5.02. The minimum absolute atomic E-state index is 0.0190. The van der Waals surface area contributed by atoms with Crippen LogP contribution in [0.5, 0.6) is 0 Å². The highest BCUT2D eigenvalue weighted by atomic mass is 16.5. The number of amides is 1. The topological polar surface area (TPSA) is 67.6 Å². The second-order valence-electron chi connectivity index (χ2n) is 6.65. The fourth-order valence-electron chi connectivity index (χ4n) is 3.68. The van der Waals surface area contributed by atoms with Gasteiger partial charge in [0.25, 0.3) is 0 Å². The van der Waals surface area contributed by atoms with Crippen LogP contribution >= 0.6 is 0 Å². The van der Waals surface area contributed by atoms with Gasteiger partial charge < -0.3 is 19.4 Å². The molecule has 2 saturated heterocycles. The normalized spacial score (nSPS) is 22.7. The minimum atomic E-state index is 0.0190. The lowest BCUT2D eigenvalue weighted by Crippen LogP contribution is -2.47. The van der Waals surface area contributed by atoms with Gasteiger partial charge in [-0.1, -0.05) is 0 Å². The molecule has 0 aromatic carbocycles. The summed E-state index contributed by atoms with van der Waals surface area (Å²) in [5.74, 6) is 1.11. The van der Waals surface area contributed by atoms with Crippen molar-refractivity contribution in [2.24, 2.45) is 5.92 Å². The Kier molecular flexibility index (Phi) is 4.38. The molecule has 128 valence electrons. The fourth-order valence-corrected chi connectivity index (χ4v) is 3.68. The molecule has 6 heteroatoms. The Hall–Kier alpha value is -2.08. The van der Waals surface area contributed by atoms with E-state index in [9.17, 15) is 4.79 Å². The van der Waals surface area contributed by atoms with Gasteiger partial charge in [-0.2, -0.15) is 0 Å². The van der Waals surface area contributed by atoms with E-state index in [1.807, 2.05) is 12.1 Å². The summed E-state index contributed by atoms with van der Waals surface area (Å²) in [4.78, 5) is 19.4. The Morgan fingerprint density at radius 2 is 2.12 bits per heavy atom. The molecule has 0 bridgehead atoms. The van der Waals surface area contributed by atoms with Gasteiger partial charge >= 0.3 is 0 Å². The van der Waals surface area contributed by atoms with Gasteiger partial charge in [0.05, 0.1) is 17.6 Å². The fraction of sp³-hybridized carbons (Fsp3) is 0.556. The van der Waals surface area contributed by atoms with Crippen LogP contribution in [0.3, 0.4) is 0 Å². The Labute approximate surface area is 141 Å². The summed E-state index contributed by atoms with van der Waals surface area (Å²) < 4.78 is 10.8. The molecule has 0 spiro atoms. The van der Waals surface area contributed by atoms with Crippen LogP contribution in [0.15, 0.2) is 29.0 Å². The van der Waals surface area contributed by atoms with Crippen molar-refractivity contribution in [3.8, 4) is 0 Å². The average molecular weight is 329 g/mol. The number of rotatable bonds is 3. The highest BCUT2D eigenvalue weighted by Gasteiger charge is 2.29. The summed E-state index contributed by atoms with van der Waals surface area (Å²) >= 11 is 0. The molecular formula is C18H23N3O3. The number of carbonyl (C=O) groups is 1. The molecule has 2 fully saturated rings. The zero-order valence-electron chi connectivity index (χ0n) is 13.7. The summed E-state index contributed by atoms with van der Waals surface area (Å²) in [6.45, 7) is 3.13. The number of piperidine rings is 1. The molecule has 2 aliphatic heterocycles. The quantitative estimate of drug-likeness (QED) is 0.936. The van der Waals surface area contributed by atoms with E-state index in [0.29, 0.717) is 6.54 Å². The monoisotopic (exact) mass is 329 g/mol. The van der Waals surface area contributed by atoms with Crippen LogP contribution in [0.2, 0.25) is 0 Å². The van der Waals surface area contributed by atoms with Crippen LogP contribution in [0.25, 0.3) is 11.0 Å². The van der Waals surface area contributed by atoms with Gasteiger partial charge in [-0.15, -0.1) is 0 Å². The molecule has 4 heterocycles. The molecule has 24 heavy (non-hydrogen) atoms. The molecule has 1 amide bonds. The van der Waals surface area contributed by atoms with E-state index in [0.717, 1.165) is 62.2 Å². The van der Waals surface area contributed by atoms with E-state index in [4.69, 9.17) is 9.15 Å². The van der Waals surface area contributed by atoms with Crippen LogP contribution in [-0.2, 0) is 9.53 Å². The van der Waals surface area contributed by atoms with Crippen molar-refractivity contribution in [2.75, 3.05) is 31.2 Å². The Morgan fingerprint density at radius 1 is 1.25 bits per heavy atom. The number of furan rings is 1. The second-order valence-corrected chi connectivity index (χ2v) is 6.65. The van der Waals surface area contributed by atoms with Crippen molar-refractivity contribution in [3.63, 3.8) is 0 Å². The van der Waals surface area contributed by atoms with Gasteiger partial charge in [0.15, 0.2) is 0 Å². The number of fused-ring (bicyclic) bond motifs is 1. The Bertz CT molecular complexity index is 708. The zero-order valence-corrected chi connectivity index (χ0v) is 13.7. The van der Waals surface area contributed by atoms with E-state index < -0.39 is 0 Å². The van der Waals surface area contributed by atoms with E-state index >= 15 is 0 Å². The minimum Gasteiger partial charge on any atom is -0.464 e. The molecule has 4 rings (SSSR count). The number of hydrogen-bond acceptors (Lipinski definition) is 5. The lowest BCUT2D eigenvalue weighted by Gasteiger charge is -2.34. The number of aromatic nitrogens is 1. The number of nitrogens with zero attached hydrogens (tertiary/aromatic N) is 2. The highest BCUT2D eigenvalue weighted by Crippen LogP contribution is 2.29. The number of pyridine rings is 1. The first kappa shape index (κ1) is 15.4. The molecule has 1 N–H and O–H groups in total. The largest absolute Gasteiger partial charge is 0.464 e. The van der Waals surface area contributed by atoms with Gasteiger partial charge in [-0.25, -0.2) is 4.98 Å². The molecule has 0 aliphatic carbocycles. The van der Waals surface area contributed by atoms with Gasteiger partial charge in [0, 0.05) is 38.5 Å². The summed E-state index contributed by atoms with van der Waals surface area (Å²) in [6.07, 6.45) is 7.23. The zero-order chi connectivity index (χ0) is 16.4. The van der Waals surface area contributed by atoms with Gasteiger partial charge in [0.1, 0.15) is 11.4 Å². The van der Waals surface area contributed by atoms with Crippen LogP contribution in [0, 0.1) is 5.92 Å². The Balaban J connectivity index is 1.45. The lowest BCUT2D eigenvalue weighted by atomic mass is 9.96. The van der Waals surface area contributed by atoms with Crippen LogP contribution in [0.4, 0.5) is 5.82 Å². The maximum Gasteiger partial charge on any atom is 0.225 e. The van der Waals surface area contributed by atoms with E-state index in [-0.39, 0.29) is 17.9 Å². The van der Waals surface area contributed by atoms with Crippen LogP contribution in [0.1, 0.15) is 25.7 Å². The van der Waals surface area contributed by atoms with Crippen molar-refractivity contribution in [1.82, 2.24) is 10.3 Å². The molecule has 6 nitrogen and oxygen atoms in total. The smallest absolute Gasteiger partial charge is 0.225 e. The predicted molar refractivity (Wildman–Crippen MR) is 90.9 cm³/mol. The summed E-state index contributed by atoms with van der Waals surface area (Å²) in [7, 11) is 0. The second kappa shape index (κ2) is 6.81. The number of nitrogens with one attached hydrogen (secondary N) is 1. The molecule has 1 unspecified atom stereocenters. The number of hydrogen-bond donors (Lipinski definition) is 1. The van der Waals surface area contributed by atoms with Gasteiger partial charge in [0.2, 0.25) is 5.91 Å². The van der Waals surface area contributed by atoms with Crippen molar-refractivity contribution in [1.29, 1.82) is 0 Å². The van der Waals surface area contributed by atoms with Crippen LogP contribution in [-0.4, -0.2) is 43.2 Å². The van der Waals surface area contributed by atoms with Crippen molar-refractivity contribution in [2.45, 2.75) is 31.7 Å². The summed E-state index contributed by atoms with van der Waals surface area (Å²) in [6, 6.07) is 4.08. The van der Waals surface area contributed by atoms with E-state index in [1.165, 1.54) is 0 Å². The number of ether oxygens (including phenoxy) is 1. The Morgan fingerprint density at radius 3 is 3.00 bits per heavy atom. The standard InChI is InChI=1S/C18H23N3O3/c22-18(20-14-4-9-23-10-5-14)13-2-1-8-21(12-13)17-15-6-11-24-16(15)3-7-19-17/h3,6-7,11,13-14H,1-2,4-5,8-10,12H2,(H,20,22). The first-order chi connectivity index (χ1) is 11.8. The molecule has 2 aliphatic rings. The highest BCUT2D eigenvalue weighted by molar-refractivity contribution is 5.89. The average Bonchev–Trinajstić information content (AvgIpc) is 3.11. The SMILES string of the molecule is O=C(NC1CCOCC1)C1CCCN(c2nccc3occc23)C1. The van der Waals surface area contributed by atoms with E-state index in [1.54, 1.807) is 12.5 Å². The molecule has 1 atom stereocenters. The van der Waals surface area contributed by atoms with Gasteiger partial charge in [-0.05, 0) is 37.8 Å². The lowest BCUT2D eigenvalue weighted by molar-refractivity contribution is -0.126. The first-order valence-electron chi connectivity index (χ1n) is 8.76. The van der Waals surface area contributed by atoms with E-state index in [2.05, 4.69) is 15.2 Å². The first-order valence-corrected chi connectivity index (χ1v) is 8.76. The molecule has 0 radical (unpaired) electrons. The summed E-state index contributed by atoms with van der Waals surface area (Å²) in [5, 5.41) is 4.22. The van der Waals surface area contributed by atoms with Crippen molar-refractivity contribution in [3.05, 3.63) is 24.6 Å². The predicted octanol–water partition coefficient (Wildman–Crippen LogP) is 2.34. The molecule has 2 aromatic rings. The third kappa shape index (κ3) is 3.11. The third-order valence-electron chi connectivity index (χ3n) is 5.02. The number of anilines is 1. The molecule has 2 aromatic heterocycles. The number of carbonyl (C=O) groups excluding carboxylic acids is 1. The van der Waals surface area contributed by atoms with Crippen molar-refractivity contribution < 1.29 is 13.9 Å². The maximum absolute atomic E-state index is 12.6.